The fourth-order valence-corrected chi connectivity index (χ4v) is 5.41. The molecule has 4 atom stereocenters. The largest absolute Gasteiger partial charge is 0.481 e. The number of unbranched alkanes of at least 4 members (excludes halogenated alkanes) is 22. The van der Waals surface area contributed by atoms with Crippen LogP contribution in [0.4, 0.5) is 0 Å². The van der Waals surface area contributed by atoms with Crippen molar-refractivity contribution in [3.05, 3.63) is 12.2 Å². The van der Waals surface area contributed by atoms with Crippen molar-refractivity contribution >= 4 is 5.97 Å². The summed E-state index contributed by atoms with van der Waals surface area (Å²) in [5, 5.41) is 30.6. The van der Waals surface area contributed by atoms with Crippen molar-refractivity contribution in [2.45, 2.75) is 193 Å². The number of hydrogen-bond acceptors (Lipinski definition) is 4. The first-order valence-corrected chi connectivity index (χ1v) is 17.0. The quantitative estimate of drug-likeness (QED) is 0.0524. The van der Waals surface area contributed by atoms with Gasteiger partial charge in [0.15, 0.2) is 0 Å². The molecular weight excluding hydrogens is 486 g/mol. The third kappa shape index (κ3) is 23.5. The molecule has 0 saturated heterocycles. The highest BCUT2D eigenvalue weighted by Crippen LogP contribution is 2.20. The molecule has 2 unspecified atom stereocenters. The second-order valence-corrected chi connectivity index (χ2v) is 11.9. The maximum atomic E-state index is 11.8. The van der Waals surface area contributed by atoms with Crippen molar-refractivity contribution < 1.29 is 20.1 Å². The molecule has 0 spiro atoms. The van der Waals surface area contributed by atoms with E-state index in [1.165, 1.54) is 122 Å². The molecule has 0 fully saturated rings. The minimum Gasteiger partial charge on any atom is -0.481 e. The smallest absolute Gasteiger partial charge is 0.309 e. The fraction of sp³-hybridized carbons (Fsp3) is 0.912. The zero-order valence-corrected chi connectivity index (χ0v) is 26.0. The van der Waals surface area contributed by atoms with Crippen LogP contribution in [-0.2, 0) is 4.79 Å². The molecule has 5 heteroatoms. The maximum absolute atomic E-state index is 11.8. The number of nitrogens with two attached hydrogens (primary N) is 1. The van der Waals surface area contributed by atoms with E-state index in [1.54, 1.807) is 6.08 Å². The van der Waals surface area contributed by atoms with Crippen molar-refractivity contribution in [3.8, 4) is 0 Å². The second kappa shape index (κ2) is 28.6. The van der Waals surface area contributed by atoms with Gasteiger partial charge in [0.25, 0.3) is 0 Å². The Balaban J connectivity index is 3.94. The lowest BCUT2D eigenvalue weighted by molar-refractivity contribution is -0.147. The van der Waals surface area contributed by atoms with Crippen LogP contribution in [0.15, 0.2) is 12.2 Å². The number of aliphatic hydroxyl groups is 2. The minimum absolute atomic E-state index is 0.400. The Labute approximate surface area is 242 Å². The lowest BCUT2D eigenvalue weighted by Crippen LogP contribution is -2.49. The molecule has 0 aromatic rings. The van der Waals surface area contributed by atoms with E-state index in [9.17, 15) is 20.1 Å². The van der Waals surface area contributed by atoms with E-state index in [0.717, 1.165) is 32.1 Å². The van der Waals surface area contributed by atoms with Gasteiger partial charge in [-0.2, -0.15) is 0 Å². The Morgan fingerprint density at radius 3 is 1.36 bits per heavy atom. The van der Waals surface area contributed by atoms with Gasteiger partial charge < -0.3 is 21.1 Å². The Bertz CT molecular complexity index is 553. The molecule has 0 amide bonds. The van der Waals surface area contributed by atoms with Crippen LogP contribution in [-0.4, -0.2) is 39.5 Å². The van der Waals surface area contributed by atoms with Crippen molar-refractivity contribution in [2.24, 2.45) is 11.7 Å². The average Bonchev–Trinajstić information content (AvgIpc) is 2.92. The SMILES string of the molecule is CCCCCCCCCCCCC/C=C/[C@@H](O)[C@@H](N)C(O)C(CCCCCCCCCCCCCC)C(=O)O. The monoisotopic (exact) mass is 554 g/mol. The molecule has 0 aliphatic rings. The molecule has 5 nitrogen and oxygen atoms in total. The summed E-state index contributed by atoms with van der Waals surface area (Å²) in [7, 11) is 0. The zero-order valence-electron chi connectivity index (χ0n) is 26.0. The van der Waals surface area contributed by atoms with E-state index in [4.69, 9.17) is 5.73 Å². The summed E-state index contributed by atoms with van der Waals surface area (Å²) < 4.78 is 0. The Kier molecular flexibility index (Phi) is 27.9. The highest BCUT2D eigenvalue weighted by atomic mass is 16.4. The van der Waals surface area contributed by atoms with Crippen molar-refractivity contribution in [3.63, 3.8) is 0 Å². The number of carboxylic acid groups (broad SMARTS) is 1. The van der Waals surface area contributed by atoms with E-state index in [1.807, 2.05) is 6.08 Å². The second-order valence-electron chi connectivity index (χ2n) is 11.9. The fourth-order valence-electron chi connectivity index (χ4n) is 5.41. The van der Waals surface area contributed by atoms with Crippen molar-refractivity contribution in [1.29, 1.82) is 0 Å². The summed E-state index contributed by atoms with van der Waals surface area (Å²) in [6, 6.07) is -0.989. The first-order chi connectivity index (χ1) is 19.0. The van der Waals surface area contributed by atoms with Gasteiger partial charge in [0.1, 0.15) is 0 Å². The number of carboxylic acids is 1. The molecule has 0 aromatic heterocycles. The van der Waals surface area contributed by atoms with Crippen LogP contribution in [0.2, 0.25) is 0 Å². The number of aliphatic carboxylic acids is 1. The number of aliphatic hydroxyl groups excluding tert-OH is 2. The van der Waals surface area contributed by atoms with Gasteiger partial charge in [-0.25, -0.2) is 0 Å². The van der Waals surface area contributed by atoms with Gasteiger partial charge in [0.05, 0.1) is 24.2 Å². The number of carbonyl (C=O) groups is 1. The Hall–Kier alpha value is -0.910. The molecule has 0 heterocycles. The molecule has 0 rings (SSSR count). The highest BCUT2D eigenvalue weighted by molar-refractivity contribution is 5.70. The van der Waals surface area contributed by atoms with E-state index in [-0.39, 0.29) is 0 Å². The van der Waals surface area contributed by atoms with Crippen LogP contribution in [0.25, 0.3) is 0 Å². The molecule has 0 aliphatic heterocycles. The highest BCUT2D eigenvalue weighted by Gasteiger charge is 2.33. The average molecular weight is 554 g/mol. The van der Waals surface area contributed by atoms with Crippen molar-refractivity contribution in [2.75, 3.05) is 0 Å². The normalized spacial score (nSPS) is 15.0. The first-order valence-electron chi connectivity index (χ1n) is 17.0. The predicted octanol–water partition coefficient (Wildman–Crippen LogP) is 9.08. The van der Waals surface area contributed by atoms with Gasteiger partial charge in [0.2, 0.25) is 0 Å². The molecule has 39 heavy (non-hydrogen) atoms. The first kappa shape index (κ1) is 38.1. The molecule has 0 radical (unpaired) electrons. The summed E-state index contributed by atoms with van der Waals surface area (Å²) in [4.78, 5) is 11.8. The summed E-state index contributed by atoms with van der Waals surface area (Å²) in [5.74, 6) is -1.96. The minimum atomic E-state index is -1.25. The molecule has 0 saturated carbocycles. The Morgan fingerprint density at radius 1 is 0.615 bits per heavy atom. The molecule has 0 bridgehead atoms. The molecule has 232 valence electrons. The standard InChI is InChI=1S/C34H67NO4/c1-3-5-7-9-11-13-15-17-19-21-23-25-27-29-31(36)32(35)33(37)30(34(38)39)28-26-24-22-20-18-16-14-12-10-8-6-4-2/h27,29-33,36-37H,3-26,28,35H2,1-2H3,(H,38,39)/b29-27+/t30?,31-,32-,33?/m1/s1. The summed E-state index contributed by atoms with van der Waals surface area (Å²) in [5.41, 5.74) is 6.07. The van der Waals surface area contributed by atoms with Crippen LogP contribution < -0.4 is 5.73 Å². The van der Waals surface area contributed by atoms with Crippen LogP contribution in [0.5, 0.6) is 0 Å². The van der Waals surface area contributed by atoms with Gasteiger partial charge in [0, 0.05) is 0 Å². The molecule has 0 aliphatic carbocycles. The van der Waals surface area contributed by atoms with Crippen molar-refractivity contribution in [1.82, 2.24) is 0 Å². The van der Waals surface area contributed by atoms with E-state index < -0.39 is 30.1 Å². The molecule has 5 N–H and O–H groups in total. The van der Waals surface area contributed by atoms with E-state index >= 15 is 0 Å². The van der Waals surface area contributed by atoms with Crippen LogP contribution in [0, 0.1) is 5.92 Å². The van der Waals surface area contributed by atoms with Gasteiger partial charge in [-0.1, -0.05) is 167 Å². The zero-order chi connectivity index (χ0) is 29.0. The summed E-state index contributed by atoms with van der Waals surface area (Å²) in [6.45, 7) is 4.50. The lowest BCUT2D eigenvalue weighted by Gasteiger charge is -2.27. The number of allylic oxidation sites excluding steroid dienone is 1. The lowest BCUT2D eigenvalue weighted by atomic mass is 9.88. The topological polar surface area (TPSA) is 104 Å². The van der Waals surface area contributed by atoms with E-state index in [0.29, 0.717) is 6.42 Å². The number of hydrogen-bond donors (Lipinski definition) is 4. The third-order valence-electron chi connectivity index (χ3n) is 8.19. The molecule has 0 aromatic carbocycles. The van der Waals surface area contributed by atoms with E-state index in [2.05, 4.69) is 13.8 Å². The predicted molar refractivity (Wildman–Crippen MR) is 167 cm³/mol. The third-order valence-corrected chi connectivity index (χ3v) is 8.19. The van der Waals surface area contributed by atoms with Crippen LogP contribution in [0.3, 0.4) is 0 Å². The summed E-state index contributed by atoms with van der Waals surface area (Å²) >= 11 is 0. The van der Waals surface area contributed by atoms with Crippen LogP contribution in [0.1, 0.15) is 174 Å². The molecular formula is C34H67NO4. The Morgan fingerprint density at radius 2 is 0.974 bits per heavy atom. The van der Waals surface area contributed by atoms with Gasteiger partial charge in [-0.05, 0) is 19.3 Å². The van der Waals surface area contributed by atoms with Crippen LogP contribution >= 0.6 is 0 Å². The van der Waals surface area contributed by atoms with Gasteiger partial charge >= 0.3 is 5.97 Å². The maximum Gasteiger partial charge on any atom is 0.309 e. The van der Waals surface area contributed by atoms with Gasteiger partial charge in [-0.15, -0.1) is 0 Å². The summed E-state index contributed by atoms with van der Waals surface area (Å²) in [6.07, 6.45) is 31.5. The number of rotatable bonds is 30. The van der Waals surface area contributed by atoms with Gasteiger partial charge in [-0.3, -0.25) is 4.79 Å².